The molecule has 1 aliphatic rings. The van der Waals surface area contributed by atoms with Gasteiger partial charge in [-0.05, 0) is 49.4 Å². The highest BCUT2D eigenvalue weighted by Gasteiger charge is 2.34. The summed E-state index contributed by atoms with van der Waals surface area (Å²) in [4.78, 5) is 36.8. The molecule has 2 heterocycles. The number of rotatable bonds is 5. The Morgan fingerprint density at radius 2 is 1.32 bits per heavy atom. The fourth-order valence-electron chi connectivity index (χ4n) is 4.17. The van der Waals surface area contributed by atoms with Crippen molar-refractivity contribution in [3.8, 4) is 5.69 Å². The Kier molecular flexibility index (Phi) is 5.80. The SMILES string of the molecule is Cc1ccc(S(=O)(=O)c2ccc(S(=O)(=O)c3ccccc3)cc2-n2c(N)c3c(cc2=O)C(=O)NC3=O)cc1. The molecule has 0 saturated carbocycles. The summed E-state index contributed by atoms with van der Waals surface area (Å²) in [7, 11) is -8.45. The van der Waals surface area contributed by atoms with Crippen molar-refractivity contribution in [2.24, 2.45) is 0 Å². The number of hydrogen-bond donors (Lipinski definition) is 2. The maximum Gasteiger partial charge on any atom is 0.262 e. The molecule has 0 bridgehead atoms. The Bertz CT molecular complexity index is 1930. The highest BCUT2D eigenvalue weighted by Crippen LogP contribution is 2.33. The lowest BCUT2D eigenvalue weighted by Crippen LogP contribution is -2.26. The van der Waals surface area contributed by atoms with Crippen molar-refractivity contribution >= 4 is 37.3 Å². The van der Waals surface area contributed by atoms with Crippen molar-refractivity contribution in [3.05, 3.63) is 106 Å². The predicted octanol–water partition coefficient (Wildman–Crippen LogP) is 2.28. The van der Waals surface area contributed by atoms with Gasteiger partial charge in [-0.2, -0.15) is 0 Å². The van der Waals surface area contributed by atoms with E-state index in [9.17, 15) is 31.2 Å². The first-order valence-electron chi connectivity index (χ1n) is 11.1. The summed E-state index contributed by atoms with van der Waals surface area (Å²) in [6.07, 6.45) is 0. The first-order valence-corrected chi connectivity index (χ1v) is 14.1. The summed E-state index contributed by atoms with van der Waals surface area (Å²) in [5.74, 6) is -2.20. The molecular weight excluding hydrogens is 530 g/mol. The molecule has 0 fully saturated rings. The summed E-state index contributed by atoms with van der Waals surface area (Å²) in [6, 6.07) is 17.4. The largest absolute Gasteiger partial charge is 0.384 e. The van der Waals surface area contributed by atoms with Crippen molar-refractivity contribution < 1.29 is 26.4 Å². The number of hydrogen-bond acceptors (Lipinski definition) is 8. The number of carbonyl (C=O) groups is 2. The zero-order valence-corrected chi connectivity index (χ0v) is 21.3. The van der Waals surface area contributed by atoms with Crippen molar-refractivity contribution in [1.82, 2.24) is 9.88 Å². The number of fused-ring (bicyclic) bond motifs is 1. The molecule has 0 atom stereocenters. The molecule has 1 aliphatic heterocycles. The number of benzene rings is 3. The van der Waals surface area contributed by atoms with Gasteiger partial charge in [-0.3, -0.25) is 24.3 Å². The number of aromatic nitrogens is 1. The average molecular weight is 550 g/mol. The first kappa shape index (κ1) is 25.1. The summed E-state index contributed by atoms with van der Waals surface area (Å²) in [5, 5.41) is 2.04. The second-order valence-electron chi connectivity index (χ2n) is 8.54. The number of nitrogen functional groups attached to an aromatic ring is 1. The molecule has 0 saturated heterocycles. The van der Waals surface area contributed by atoms with Crippen LogP contribution in [0.5, 0.6) is 0 Å². The van der Waals surface area contributed by atoms with Crippen molar-refractivity contribution in [2.75, 3.05) is 5.73 Å². The summed E-state index contributed by atoms with van der Waals surface area (Å²) >= 11 is 0. The van der Waals surface area contributed by atoms with Gasteiger partial charge in [0.05, 0.1) is 36.4 Å². The number of nitrogens with one attached hydrogen (secondary N) is 1. The Balaban J connectivity index is 1.85. The molecule has 4 aromatic rings. The van der Waals surface area contributed by atoms with Gasteiger partial charge in [0.2, 0.25) is 19.7 Å². The van der Waals surface area contributed by atoms with Crippen LogP contribution >= 0.6 is 0 Å². The van der Waals surface area contributed by atoms with Gasteiger partial charge in [0.25, 0.3) is 17.4 Å². The van der Waals surface area contributed by atoms with Crippen LogP contribution in [0.2, 0.25) is 0 Å². The summed E-state index contributed by atoms with van der Waals surface area (Å²) < 4.78 is 54.9. The van der Waals surface area contributed by atoms with Gasteiger partial charge in [0.15, 0.2) is 0 Å². The molecule has 192 valence electrons. The number of carbonyl (C=O) groups excluding carboxylic acids is 2. The van der Waals surface area contributed by atoms with Gasteiger partial charge in [-0.25, -0.2) is 16.8 Å². The van der Waals surface area contributed by atoms with Crippen LogP contribution in [-0.4, -0.2) is 33.2 Å². The molecule has 3 N–H and O–H groups in total. The van der Waals surface area contributed by atoms with Gasteiger partial charge < -0.3 is 5.73 Å². The van der Waals surface area contributed by atoms with E-state index in [1.54, 1.807) is 25.1 Å². The Hall–Kier alpha value is -4.55. The van der Waals surface area contributed by atoms with E-state index in [0.717, 1.165) is 34.4 Å². The van der Waals surface area contributed by atoms with Gasteiger partial charge in [-0.15, -0.1) is 0 Å². The van der Waals surface area contributed by atoms with Crippen LogP contribution in [0.25, 0.3) is 5.69 Å². The zero-order valence-electron chi connectivity index (χ0n) is 19.7. The number of aryl methyl sites for hydroxylation is 1. The van der Waals surface area contributed by atoms with E-state index in [2.05, 4.69) is 0 Å². The van der Waals surface area contributed by atoms with Gasteiger partial charge >= 0.3 is 0 Å². The first-order chi connectivity index (χ1) is 17.9. The van der Waals surface area contributed by atoms with E-state index < -0.39 is 47.8 Å². The molecule has 3 aromatic carbocycles. The number of sulfone groups is 2. The zero-order chi connectivity index (χ0) is 27.4. The molecule has 0 spiro atoms. The quantitative estimate of drug-likeness (QED) is 0.358. The molecule has 0 aliphatic carbocycles. The lowest BCUT2D eigenvalue weighted by Gasteiger charge is -2.17. The molecule has 10 nitrogen and oxygen atoms in total. The van der Waals surface area contributed by atoms with Gasteiger partial charge in [-0.1, -0.05) is 35.9 Å². The molecule has 0 unspecified atom stereocenters. The smallest absolute Gasteiger partial charge is 0.262 e. The van der Waals surface area contributed by atoms with E-state index in [1.165, 1.54) is 36.4 Å². The molecule has 12 heteroatoms. The third-order valence-electron chi connectivity index (χ3n) is 6.11. The number of pyridine rings is 1. The Morgan fingerprint density at radius 3 is 1.97 bits per heavy atom. The normalized spacial score (nSPS) is 13.3. The molecular formula is C26H19N3O7S2. The predicted molar refractivity (Wildman–Crippen MR) is 137 cm³/mol. The van der Waals surface area contributed by atoms with Crippen LogP contribution in [0, 0.1) is 6.92 Å². The van der Waals surface area contributed by atoms with E-state index in [4.69, 9.17) is 5.73 Å². The van der Waals surface area contributed by atoms with Crippen LogP contribution in [0.3, 0.4) is 0 Å². The monoisotopic (exact) mass is 549 g/mol. The van der Waals surface area contributed by atoms with Gasteiger partial charge in [0, 0.05) is 6.07 Å². The molecule has 38 heavy (non-hydrogen) atoms. The maximum atomic E-state index is 13.7. The minimum absolute atomic E-state index is 0.0562. The molecule has 2 amide bonds. The topological polar surface area (TPSA) is 162 Å². The lowest BCUT2D eigenvalue weighted by molar-refractivity contribution is 0.0880. The van der Waals surface area contributed by atoms with Crippen LogP contribution in [0.15, 0.2) is 103 Å². The minimum atomic E-state index is -4.31. The van der Waals surface area contributed by atoms with Crippen LogP contribution in [-0.2, 0) is 19.7 Å². The van der Waals surface area contributed by atoms with Gasteiger partial charge in [0.1, 0.15) is 5.82 Å². The fourth-order valence-corrected chi connectivity index (χ4v) is 6.90. The van der Waals surface area contributed by atoms with Crippen molar-refractivity contribution in [1.29, 1.82) is 0 Å². The summed E-state index contributed by atoms with van der Waals surface area (Å²) in [6.45, 7) is 1.78. The van der Waals surface area contributed by atoms with Crippen LogP contribution in [0.1, 0.15) is 26.3 Å². The van der Waals surface area contributed by atoms with Crippen molar-refractivity contribution in [3.63, 3.8) is 0 Å². The van der Waals surface area contributed by atoms with Crippen LogP contribution in [0.4, 0.5) is 5.82 Å². The number of anilines is 1. The molecule has 0 radical (unpaired) electrons. The molecule has 5 rings (SSSR count). The van der Waals surface area contributed by atoms with E-state index in [-0.39, 0.29) is 31.5 Å². The Morgan fingerprint density at radius 1 is 0.711 bits per heavy atom. The second kappa shape index (κ2) is 8.78. The number of nitrogens with zero attached hydrogens (tertiary/aromatic N) is 1. The highest BCUT2D eigenvalue weighted by atomic mass is 32.2. The number of nitrogens with two attached hydrogens (primary N) is 1. The number of imide groups is 1. The second-order valence-corrected chi connectivity index (χ2v) is 12.4. The molecule has 1 aromatic heterocycles. The third kappa shape index (κ3) is 3.90. The Labute approximate surface area is 217 Å². The third-order valence-corrected chi connectivity index (χ3v) is 9.69. The van der Waals surface area contributed by atoms with E-state index in [1.807, 2.05) is 5.32 Å². The number of amides is 2. The minimum Gasteiger partial charge on any atom is -0.384 e. The maximum absolute atomic E-state index is 13.7. The van der Waals surface area contributed by atoms with Crippen molar-refractivity contribution in [2.45, 2.75) is 26.5 Å². The fraction of sp³-hybridized carbons (Fsp3) is 0.0385. The highest BCUT2D eigenvalue weighted by molar-refractivity contribution is 7.92. The lowest BCUT2D eigenvalue weighted by atomic mass is 10.1. The van der Waals surface area contributed by atoms with E-state index in [0.29, 0.717) is 0 Å². The van der Waals surface area contributed by atoms with E-state index >= 15 is 0 Å². The average Bonchev–Trinajstić information content (AvgIpc) is 3.17. The standard InChI is InChI=1S/C26H19N3O7S2/c1-15-7-9-17(10-8-15)38(35,36)21-12-11-18(37(33,34)16-5-3-2-4-6-16)13-20(21)29-22(30)14-19-23(24(29)27)26(32)28-25(19)31/h2-14H,27H2,1H3,(H,28,31,32). The van der Waals surface area contributed by atoms with Crippen LogP contribution < -0.4 is 16.6 Å². The summed E-state index contributed by atoms with van der Waals surface area (Å²) in [5.41, 5.74) is 5.08.